The van der Waals surface area contributed by atoms with Gasteiger partial charge in [0.15, 0.2) is 0 Å². The Kier molecular flexibility index (Phi) is 4.46. The van der Waals surface area contributed by atoms with Crippen LogP contribution in [0.25, 0.3) is 0 Å². The van der Waals surface area contributed by atoms with Crippen LogP contribution < -0.4 is 10.1 Å². The average molecular weight is 302 g/mol. The third-order valence-electron chi connectivity index (χ3n) is 4.02. The summed E-state index contributed by atoms with van der Waals surface area (Å²) in [6.07, 6.45) is 1.31. The second-order valence-electron chi connectivity index (χ2n) is 5.69. The van der Waals surface area contributed by atoms with Crippen LogP contribution in [-0.4, -0.2) is 37.2 Å². The fourth-order valence-corrected chi connectivity index (χ4v) is 3.47. The van der Waals surface area contributed by atoms with Crippen molar-refractivity contribution < 1.29 is 4.74 Å². The molecule has 1 aromatic carbocycles. The molecule has 21 heavy (non-hydrogen) atoms. The molecule has 2 atom stereocenters. The summed E-state index contributed by atoms with van der Waals surface area (Å²) in [4.78, 5) is 3.84. The summed E-state index contributed by atoms with van der Waals surface area (Å²) < 4.78 is 6.09. The molecule has 4 heteroatoms. The van der Waals surface area contributed by atoms with Crippen molar-refractivity contribution in [2.45, 2.75) is 25.5 Å². The van der Waals surface area contributed by atoms with E-state index in [4.69, 9.17) is 4.74 Å². The van der Waals surface area contributed by atoms with Gasteiger partial charge in [-0.05, 0) is 44.0 Å². The van der Waals surface area contributed by atoms with Crippen molar-refractivity contribution >= 4 is 17.0 Å². The summed E-state index contributed by atoms with van der Waals surface area (Å²) in [5.41, 5.74) is 1.10. The summed E-state index contributed by atoms with van der Waals surface area (Å²) in [7, 11) is 2.18. The van der Waals surface area contributed by atoms with E-state index in [1.807, 2.05) is 29.5 Å². The van der Waals surface area contributed by atoms with Gasteiger partial charge in [0.25, 0.3) is 0 Å². The van der Waals surface area contributed by atoms with Gasteiger partial charge in [-0.2, -0.15) is 0 Å². The molecule has 3 rings (SSSR count). The molecule has 0 amide bonds. The fraction of sp³-hybridized carbons (Fsp3) is 0.412. The van der Waals surface area contributed by atoms with Gasteiger partial charge in [0.1, 0.15) is 11.9 Å². The minimum Gasteiger partial charge on any atom is -0.485 e. The van der Waals surface area contributed by atoms with Crippen LogP contribution in [0.1, 0.15) is 11.8 Å². The summed E-state index contributed by atoms with van der Waals surface area (Å²) >= 11 is 1.84. The van der Waals surface area contributed by atoms with E-state index in [0.717, 1.165) is 30.9 Å². The zero-order valence-corrected chi connectivity index (χ0v) is 13.4. The summed E-state index contributed by atoms with van der Waals surface area (Å²) in [5.74, 6) is 0.966. The molecule has 1 aliphatic rings. The van der Waals surface area contributed by atoms with E-state index in [0.29, 0.717) is 6.04 Å². The lowest BCUT2D eigenvalue weighted by molar-refractivity contribution is 0.130. The molecule has 0 saturated heterocycles. The molecule has 2 heterocycles. The molecule has 112 valence electrons. The highest BCUT2D eigenvalue weighted by atomic mass is 32.1. The maximum absolute atomic E-state index is 6.09. The first-order valence-electron chi connectivity index (χ1n) is 7.44. The number of rotatable bonds is 5. The van der Waals surface area contributed by atoms with Gasteiger partial charge < -0.3 is 10.1 Å². The van der Waals surface area contributed by atoms with Crippen LogP contribution in [0.2, 0.25) is 0 Å². The lowest BCUT2D eigenvalue weighted by Gasteiger charge is -2.32. The first-order chi connectivity index (χ1) is 10.2. The summed E-state index contributed by atoms with van der Waals surface area (Å²) in [6.45, 7) is 4.09. The minimum atomic E-state index is 0.204. The number of hydrogen-bond donors (Lipinski definition) is 1. The molecular formula is C17H22N2OS. The highest BCUT2D eigenvalue weighted by Gasteiger charge is 2.22. The van der Waals surface area contributed by atoms with Gasteiger partial charge in [-0.25, -0.2) is 0 Å². The molecule has 2 aromatic rings. The van der Waals surface area contributed by atoms with Crippen LogP contribution in [-0.2, 0) is 6.42 Å². The Morgan fingerprint density at radius 1 is 1.33 bits per heavy atom. The highest BCUT2D eigenvalue weighted by Crippen LogP contribution is 2.28. The number of nitrogens with zero attached hydrogens (tertiary/aromatic N) is 1. The van der Waals surface area contributed by atoms with Crippen molar-refractivity contribution in [3.8, 4) is 5.75 Å². The predicted octanol–water partition coefficient (Wildman–Crippen LogP) is 3.48. The standard InChI is InChI=1S/C17H22N2OS/c1-13(10-15-6-5-9-21-15)19(2)12-14-11-18-16-7-3-4-8-17(16)20-14/h3-9,13-14,18H,10-12H2,1-2H3. The van der Waals surface area contributed by atoms with Crippen LogP contribution in [0.4, 0.5) is 5.69 Å². The lowest BCUT2D eigenvalue weighted by atomic mass is 10.1. The van der Waals surface area contributed by atoms with E-state index in [1.165, 1.54) is 4.88 Å². The molecular weight excluding hydrogens is 280 g/mol. The van der Waals surface area contributed by atoms with Gasteiger partial charge in [0.2, 0.25) is 0 Å². The lowest BCUT2D eigenvalue weighted by Crippen LogP contribution is -2.43. The van der Waals surface area contributed by atoms with Crippen molar-refractivity contribution in [1.82, 2.24) is 4.90 Å². The third kappa shape index (κ3) is 3.57. The molecule has 0 radical (unpaired) electrons. The van der Waals surface area contributed by atoms with E-state index in [-0.39, 0.29) is 6.10 Å². The Balaban J connectivity index is 1.54. The zero-order chi connectivity index (χ0) is 14.7. The normalized spacial score (nSPS) is 18.7. The van der Waals surface area contributed by atoms with Crippen LogP contribution in [0, 0.1) is 0 Å². The number of thiophene rings is 1. The van der Waals surface area contributed by atoms with E-state index >= 15 is 0 Å². The first kappa shape index (κ1) is 14.4. The maximum Gasteiger partial charge on any atom is 0.142 e. The molecule has 0 bridgehead atoms. The quantitative estimate of drug-likeness (QED) is 0.915. The maximum atomic E-state index is 6.09. The van der Waals surface area contributed by atoms with Crippen molar-refractivity contribution in [1.29, 1.82) is 0 Å². The smallest absolute Gasteiger partial charge is 0.142 e. The number of likely N-dealkylation sites (N-methyl/N-ethyl adjacent to an activating group) is 1. The van der Waals surface area contributed by atoms with Crippen LogP contribution in [0.3, 0.4) is 0 Å². The van der Waals surface area contributed by atoms with Crippen molar-refractivity contribution in [3.63, 3.8) is 0 Å². The molecule has 0 saturated carbocycles. The third-order valence-corrected chi connectivity index (χ3v) is 4.92. The Bertz CT molecular complexity index is 570. The van der Waals surface area contributed by atoms with Gasteiger partial charge in [0.05, 0.1) is 12.2 Å². The van der Waals surface area contributed by atoms with E-state index in [9.17, 15) is 0 Å². The molecule has 1 N–H and O–H groups in total. The number of fused-ring (bicyclic) bond motifs is 1. The van der Waals surface area contributed by atoms with E-state index in [1.54, 1.807) is 0 Å². The predicted molar refractivity (Wildman–Crippen MR) is 89.5 cm³/mol. The van der Waals surface area contributed by atoms with Crippen molar-refractivity contribution in [2.75, 3.05) is 25.5 Å². The Hall–Kier alpha value is -1.52. The fourth-order valence-electron chi connectivity index (χ4n) is 2.64. The topological polar surface area (TPSA) is 24.5 Å². The van der Waals surface area contributed by atoms with Gasteiger partial charge in [-0.1, -0.05) is 18.2 Å². The minimum absolute atomic E-state index is 0.204. The van der Waals surface area contributed by atoms with Gasteiger partial charge in [-0.15, -0.1) is 11.3 Å². The summed E-state index contributed by atoms with van der Waals surface area (Å²) in [6, 6.07) is 13.0. The van der Waals surface area contributed by atoms with Crippen molar-refractivity contribution in [2.24, 2.45) is 0 Å². The molecule has 2 unspecified atom stereocenters. The van der Waals surface area contributed by atoms with Gasteiger partial charge in [0, 0.05) is 17.5 Å². The summed E-state index contributed by atoms with van der Waals surface area (Å²) in [5, 5.41) is 5.60. The number of hydrogen-bond acceptors (Lipinski definition) is 4. The number of nitrogens with one attached hydrogen (secondary N) is 1. The first-order valence-corrected chi connectivity index (χ1v) is 8.32. The number of para-hydroxylation sites is 2. The molecule has 0 fully saturated rings. The van der Waals surface area contributed by atoms with E-state index < -0.39 is 0 Å². The number of benzene rings is 1. The van der Waals surface area contributed by atoms with E-state index in [2.05, 4.69) is 47.8 Å². The number of anilines is 1. The van der Waals surface area contributed by atoms with Crippen molar-refractivity contribution in [3.05, 3.63) is 46.7 Å². The molecule has 3 nitrogen and oxygen atoms in total. The second kappa shape index (κ2) is 6.50. The number of ether oxygens (including phenoxy) is 1. The van der Waals surface area contributed by atoms with Crippen LogP contribution in [0.15, 0.2) is 41.8 Å². The van der Waals surface area contributed by atoms with Gasteiger partial charge in [-0.3, -0.25) is 4.90 Å². The van der Waals surface area contributed by atoms with Crippen LogP contribution in [0.5, 0.6) is 5.75 Å². The highest BCUT2D eigenvalue weighted by molar-refractivity contribution is 7.09. The molecule has 1 aliphatic heterocycles. The SMILES string of the molecule is CC(Cc1cccs1)N(C)CC1CNc2ccccc2O1. The zero-order valence-electron chi connectivity index (χ0n) is 12.6. The second-order valence-corrected chi connectivity index (χ2v) is 6.72. The monoisotopic (exact) mass is 302 g/mol. The molecule has 0 aliphatic carbocycles. The molecule has 1 aromatic heterocycles. The average Bonchev–Trinajstić information content (AvgIpc) is 3.00. The Morgan fingerprint density at radius 2 is 2.19 bits per heavy atom. The largest absolute Gasteiger partial charge is 0.485 e. The molecule has 0 spiro atoms. The Labute approximate surface area is 130 Å². The van der Waals surface area contributed by atoms with Gasteiger partial charge >= 0.3 is 0 Å². The van der Waals surface area contributed by atoms with Crippen LogP contribution >= 0.6 is 11.3 Å². The Morgan fingerprint density at radius 3 is 3.00 bits per heavy atom.